The van der Waals surface area contributed by atoms with E-state index in [2.05, 4.69) is 13.8 Å². The third kappa shape index (κ3) is 3.19. The van der Waals surface area contributed by atoms with Crippen molar-refractivity contribution >= 4 is 0 Å². The normalized spacial score (nSPS) is 23.7. The predicted octanol–water partition coefficient (Wildman–Crippen LogP) is 2.25. The molecular weight excluding hydrogens is 141 g/mol. The van der Waals surface area contributed by atoms with E-state index in [0.29, 0.717) is 12.3 Å². The second-order valence-electron chi connectivity index (χ2n) is 4.24. The molecule has 1 rings (SSSR count). The standard InChI is InChI=1S/C9H18FN/c1-7(2)5-8(11)6-9(10)3-4-9/h7-8H,3-6,11H2,1-2H3/t8-/m1/s1. The molecule has 0 aromatic heterocycles. The topological polar surface area (TPSA) is 26.0 Å². The Morgan fingerprint density at radius 2 is 2.00 bits per heavy atom. The van der Waals surface area contributed by atoms with E-state index in [-0.39, 0.29) is 6.04 Å². The molecule has 66 valence electrons. The number of alkyl halides is 1. The number of halogens is 1. The molecule has 0 aliphatic heterocycles. The van der Waals surface area contributed by atoms with Gasteiger partial charge in [0.25, 0.3) is 0 Å². The highest BCUT2D eigenvalue weighted by Gasteiger charge is 2.43. The molecule has 0 radical (unpaired) electrons. The Morgan fingerprint density at radius 3 is 2.36 bits per heavy atom. The van der Waals surface area contributed by atoms with Crippen molar-refractivity contribution in [2.75, 3.05) is 0 Å². The summed E-state index contributed by atoms with van der Waals surface area (Å²) in [5, 5.41) is 0. The third-order valence-electron chi connectivity index (χ3n) is 2.19. The first kappa shape index (κ1) is 8.98. The van der Waals surface area contributed by atoms with Crippen molar-refractivity contribution in [3.05, 3.63) is 0 Å². The molecule has 0 aromatic rings. The van der Waals surface area contributed by atoms with Gasteiger partial charge in [-0.25, -0.2) is 4.39 Å². The molecule has 1 atom stereocenters. The first-order chi connectivity index (χ1) is 5.02. The summed E-state index contributed by atoms with van der Waals surface area (Å²) in [5.41, 5.74) is 4.89. The lowest BCUT2D eigenvalue weighted by molar-refractivity contribution is 0.260. The van der Waals surface area contributed by atoms with E-state index >= 15 is 0 Å². The summed E-state index contributed by atoms with van der Waals surface area (Å²) in [5.74, 6) is 0.590. The van der Waals surface area contributed by atoms with Crippen LogP contribution in [0, 0.1) is 5.92 Å². The third-order valence-corrected chi connectivity index (χ3v) is 2.19. The Balaban J connectivity index is 2.15. The summed E-state index contributed by atoms with van der Waals surface area (Å²) in [6, 6.07) is 0.0718. The fourth-order valence-electron chi connectivity index (χ4n) is 1.50. The summed E-state index contributed by atoms with van der Waals surface area (Å²) in [6.45, 7) is 4.25. The van der Waals surface area contributed by atoms with Gasteiger partial charge < -0.3 is 5.73 Å². The SMILES string of the molecule is CC(C)C[C@@H](N)CC1(F)CC1. The molecule has 2 heteroatoms. The van der Waals surface area contributed by atoms with Crippen molar-refractivity contribution in [1.82, 2.24) is 0 Å². The van der Waals surface area contributed by atoms with Gasteiger partial charge in [-0.05, 0) is 31.6 Å². The minimum atomic E-state index is -0.867. The zero-order chi connectivity index (χ0) is 8.48. The van der Waals surface area contributed by atoms with Crippen LogP contribution in [0.2, 0.25) is 0 Å². The average Bonchev–Trinajstić information content (AvgIpc) is 2.44. The van der Waals surface area contributed by atoms with Crippen LogP contribution in [0.1, 0.15) is 39.5 Å². The molecule has 11 heavy (non-hydrogen) atoms. The Morgan fingerprint density at radius 1 is 1.45 bits per heavy atom. The largest absolute Gasteiger partial charge is 0.328 e. The molecule has 0 aromatic carbocycles. The maximum Gasteiger partial charge on any atom is 0.112 e. The van der Waals surface area contributed by atoms with E-state index in [4.69, 9.17) is 5.73 Å². The van der Waals surface area contributed by atoms with Gasteiger partial charge in [-0.15, -0.1) is 0 Å². The van der Waals surface area contributed by atoms with Crippen LogP contribution in [-0.2, 0) is 0 Å². The zero-order valence-electron chi connectivity index (χ0n) is 7.44. The van der Waals surface area contributed by atoms with Gasteiger partial charge in [0.1, 0.15) is 5.67 Å². The molecule has 1 fully saturated rings. The van der Waals surface area contributed by atoms with Crippen LogP contribution >= 0.6 is 0 Å². The molecule has 1 saturated carbocycles. The molecular formula is C9H18FN. The average molecular weight is 159 g/mol. The Kier molecular flexibility index (Phi) is 2.53. The maximum absolute atomic E-state index is 13.1. The number of hydrogen-bond donors (Lipinski definition) is 1. The molecule has 1 aliphatic rings. The summed E-state index contributed by atoms with van der Waals surface area (Å²) in [6.07, 6.45) is 2.99. The van der Waals surface area contributed by atoms with Gasteiger partial charge in [0.15, 0.2) is 0 Å². The molecule has 1 aliphatic carbocycles. The minimum absolute atomic E-state index is 0.0718. The van der Waals surface area contributed by atoms with Gasteiger partial charge in [0.05, 0.1) is 0 Å². The number of hydrogen-bond acceptors (Lipinski definition) is 1. The summed E-state index contributed by atoms with van der Waals surface area (Å²) < 4.78 is 13.1. The van der Waals surface area contributed by atoms with Crippen molar-refractivity contribution in [2.24, 2.45) is 11.7 Å². The van der Waals surface area contributed by atoms with Gasteiger partial charge in [-0.2, -0.15) is 0 Å². The number of rotatable bonds is 4. The Hall–Kier alpha value is -0.110. The number of nitrogens with two attached hydrogens (primary N) is 1. The second-order valence-corrected chi connectivity index (χ2v) is 4.24. The first-order valence-electron chi connectivity index (χ1n) is 4.46. The van der Waals surface area contributed by atoms with E-state index < -0.39 is 5.67 Å². The highest BCUT2D eigenvalue weighted by molar-refractivity contribution is 4.96. The molecule has 0 unspecified atom stereocenters. The van der Waals surface area contributed by atoms with E-state index in [1.807, 2.05) is 0 Å². The highest BCUT2D eigenvalue weighted by Crippen LogP contribution is 2.43. The first-order valence-corrected chi connectivity index (χ1v) is 4.46. The van der Waals surface area contributed by atoms with Crippen LogP contribution in [0.3, 0.4) is 0 Å². The molecule has 0 bridgehead atoms. The van der Waals surface area contributed by atoms with E-state index in [1.165, 1.54) is 0 Å². The van der Waals surface area contributed by atoms with Gasteiger partial charge >= 0.3 is 0 Å². The fraction of sp³-hybridized carbons (Fsp3) is 1.00. The van der Waals surface area contributed by atoms with Crippen molar-refractivity contribution in [1.29, 1.82) is 0 Å². The summed E-state index contributed by atoms with van der Waals surface area (Å²) in [4.78, 5) is 0. The second kappa shape index (κ2) is 3.10. The zero-order valence-corrected chi connectivity index (χ0v) is 7.44. The smallest absolute Gasteiger partial charge is 0.112 e. The maximum atomic E-state index is 13.1. The van der Waals surface area contributed by atoms with Gasteiger partial charge in [-0.1, -0.05) is 13.8 Å². The Bertz CT molecular complexity index is 130. The van der Waals surface area contributed by atoms with Gasteiger partial charge in [0, 0.05) is 6.04 Å². The van der Waals surface area contributed by atoms with E-state index in [1.54, 1.807) is 0 Å². The highest BCUT2D eigenvalue weighted by atomic mass is 19.1. The van der Waals surface area contributed by atoms with Crippen LogP contribution in [0.5, 0.6) is 0 Å². The van der Waals surface area contributed by atoms with Gasteiger partial charge in [0.2, 0.25) is 0 Å². The molecule has 2 N–H and O–H groups in total. The quantitative estimate of drug-likeness (QED) is 0.669. The van der Waals surface area contributed by atoms with Crippen molar-refractivity contribution < 1.29 is 4.39 Å². The predicted molar refractivity (Wildman–Crippen MR) is 45.1 cm³/mol. The molecule has 1 nitrogen and oxygen atoms in total. The van der Waals surface area contributed by atoms with Crippen molar-refractivity contribution in [3.8, 4) is 0 Å². The van der Waals surface area contributed by atoms with Crippen molar-refractivity contribution in [3.63, 3.8) is 0 Å². The molecule has 0 heterocycles. The fourth-order valence-corrected chi connectivity index (χ4v) is 1.50. The molecule has 0 saturated heterocycles. The van der Waals surface area contributed by atoms with E-state index in [9.17, 15) is 4.39 Å². The van der Waals surface area contributed by atoms with Crippen LogP contribution < -0.4 is 5.73 Å². The van der Waals surface area contributed by atoms with Gasteiger partial charge in [-0.3, -0.25) is 0 Å². The molecule has 0 amide bonds. The monoisotopic (exact) mass is 159 g/mol. The lowest BCUT2D eigenvalue weighted by Crippen LogP contribution is -2.26. The van der Waals surface area contributed by atoms with Crippen LogP contribution in [0.15, 0.2) is 0 Å². The van der Waals surface area contributed by atoms with Crippen LogP contribution in [0.25, 0.3) is 0 Å². The summed E-state index contributed by atoms with van der Waals surface area (Å²) >= 11 is 0. The minimum Gasteiger partial charge on any atom is -0.328 e. The molecule has 0 spiro atoms. The lowest BCUT2D eigenvalue weighted by atomic mass is 9.99. The van der Waals surface area contributed by atoms with Crippen LogP contribution in [0.4, 0.5) is 4.39 Å². The summed E-state index contributed by atoms with van der Waals surface area (Å²) in [7, 11) is 0. The van der Waals surface area contributed by atoms with Crippen molar-refractivity contribution in [2.45, 2.75) is 51.2 Å². The van der Waals surface area contributed by atoms with Crippen LogP contribution in [-0.4, -0.2) is 11.7 Å². The Labute approximate surface area is 68.2 Å². The lowest BCUT2D eigenvalue weighted by Gasteiger charge is -2.15. The van der Waals surface area contributed by atoms with E-state index in [0.717, 1.165) is 19.3 Å².